The van der Waals surface area contributed by atoms with Gasteiger partial charge in [0.25, 0.3) is 0 Å². The number of amides is 1. The van der Waals surface area contributed by atoms with Gasteiger partial charge in [-0.3, -0.25) is 4.79 Å². The van der Waals surface area contributed by atoms with Gasteiger partial charge in [0.2, 0.25) is 5.91 Å². The molecule has 0 bridgehead atoms. The van der Waals surface area contributed by atoms with Gasteiger partial charge in [-0.05, 0) is 19.3 Å². The Morgan fingerprint density at radius 2 is 2.04 bits per heavy atom. The zero-order valence-electron chi connectivity index (χ0n) is 17.8. The highest BCUT2D eigenvalue weighted by Crippen LogP contribution is 2.28. The SMILES string of the molecule is CCCCn1c(SCC(=O)NC2(C#N)CCCCC2)nnc1[C@@H](CC)[NH+](C)C. The first-order chi connectivity index (χ1) is 13.5. The Kier molecular flexibility index (Phi) is 8.77. The van der Waals surface area contributed by atoms with Gasteiger partial charge in [0, 0.05) is 13.0 Å². The zero-order valence-corrected chi connectivity index (χ0v) is 18.6. The molecule has 1 atom stereocenters. The number of hydrogen-bond acceptors (Lipinski definition) is 5. The van der Waals surface area contributed by atoms with Crippen LogP contribution in [0.15, 0.2) is 5.16 Å². The minimum atomic E-state index is -0.682. The summed E-state index contributed by atoms with van der Waals surface area (Å²) in [5.74, 6) is 1.17. The molecule has 156 valence electrons. The van der Waals surface area contributed by atoms with Gasteiger partial charge in [-0.25, -0.2) is 0 Å². The standard InChI is InChI=1S/C20H34N6OS/c1-5-7-13-26-18(16(6-2)25(3)4)23-24-19(26)28-14-17(27)22-20(15-21)11-9-8-10-12-20/h16H,5-14H2,1-4H3,(H,22,27)/p+1/t16-/m1/s1. The Labute approximate surface area is 173 Å². The van der Waals surface area contributed by atoms with Gasteiger partial charge in [0.15, 0.2) is 11.0 Å². The summed E-state index contributed by atoms with van der Waals surface area (Å²) in [5.41, 5.74) is -0.682. The first kappa shape index (κ1) is 22.7. The van der Waals surface area contributed by atoms with Crippen molar-refractivity contribution < 1.29 is 9.69 Å². The number of nitrogens with one attached hydrogen (secondary N) is 2. The van der Waals surface area contributed by atoms with Crippen LogP contribution in [-0.2, 0) is 11.3 Å². The van der Waals surface area contributed by atoms with E-state index in [9.17, 15) is 10.1 Å². The monoisotopic (exact) mass is 407 g/mol. The molecule has 0 aliphatic heterocycles. The van der Waals surface area contributed by atoms with E-state index < -0.39 is 5.54 Å². The molecule has 28 heavy (non-hydrogen) atoms. The highest BCUT2D eigenvalue weighted by molar-refractivity contribution is 7.99. The molecule has 1 saturated carbocycles. The molecule has 2 N–H and O–H groups in total. The lowest BCUT2D eigenvalue weighted by Gasteiger charge is -2.31. The van der Waals surface area contributed by atoms with Crippen molar-refractivity contribution in [3.05, 3.63) is 5.82 Å². The van der Waals surface area contributed by atoms with Crippen LogP contribution in [0, 0.1) is 11.3 Å². The number of nitriles is 1. The lowest BCUT2D eigenvalue weighted by atomic mass is 9.83. The Morgan fingerprint density at radius 3 is 2.61 bits per heavy atom. The van der Waals surface area contributed by atoms with Crippen LogP contribution in [0.5, 0.6) is 0 Å². The first-order valence-corrected chi connectivity index (χ1v) is 11.5. The maximum atomic E-state index is 12.5. The highest BCUT2D eigenvalue weighted by atomic mass is 32.2. The third-order valence-corrected chi connectivity index (χ3v) is 6.50. The second kappa shape index (κ2) is 10.8. The van der Waals surface area contributed by atoms with E-state index in [1.165, 1.54) is 16.7 Å². The van der Waals surface area contributed by atoms with Gasteiger partial charge >= 0.3 is 0 Å². The molecule has 0 unspecified atom stereocenters. The predicted molar refractivity (Wildman–Crippen MR) is 111 cm³/mol. The number of rotatable bonds is 10. The minimum absolute atomic E-state index is 0.0923. The number of carbonyl (C=O) groups excluding carboxylic acids is 1. The quantitative estimate of drug-likeness (QED) is 0.580. The van der Waals surface area contributed by atoms with Crippen LogP contribution in [0.1, 0.15) is 77.1 Å². The minimum Gasteiger partial charge on any atom is -0.337 e. The van der Waals surface area contributed by atoms with E-state index in [4.69, 9.17) is 0 Å². The summed E-state index contributed by atoms with van der Waals surface area (Å²) in [6.07, 6.45) is 7.79. The number of thioether (sulfide) groups is 1. The third-order valence-electron chi connectivity index (χ3n) is 5.53. The van der Waals surface area contributed by atoms with E-state index in [0.717, 1.165) is 68.9 Å². The number of aromatic nitrogens is 3. The maximum absolute atomic E-state index is 12.5. The van der Waals surface area contributed by atoms with Crippen molar-refractivity contribution in [3.63, 3.8) is 0 Å². The summed E-state index contributed by atoms with van der Waals surface area (Å²) >= 11 is 1.42. The average molecular weight is 408 g/mol. The fourth-order valence-electron chi connectivity index (χ4n) is 3.89. The third kappa shape index (κ3) is 5.71. The van der Waals surface area contributed by atoms with Gasteiger partial charge in [0.05, 0.1) is 25.9 Å². The number of unbranched alkanes of at least 4 members (excludes halogenated alkanes) is 1. The lowest BCUT2D eigenvalue weighted by Crippen LogP contribution is -3.06. The van der Waals surface area contributed by atoms with Crippen LogP contribution >= 0.6 is 11.8 Å². The Bertz CT molecular complexity index is 675. The number of nitrogens with zero attached hydrogens (tertiary/aromatic N) is 4. The largest absolute Gasteiger partial charge is 0.337 e. The topological polar surface area (TPSA) is 88.0 Å². The van der Waals surface area contributed by atoms with Crippen LogP contribution in [0.2, 0.25) is 0 Å². The summed E-state index contributed by atoms with van der Waals surface area (Å²) in [7, 11) is 4.28. The summed E-state index contributed by atoms with van der Waals surface area (Å²) < 4.78 is 2.18. The van der Waals surface area contributed by atoms with E-state index >= 15 is 0 Å². The molecule has 1 aliphatic carbocycles. The van der Waals surface area contributed by atoms with Crippen molar-refractivity contribution in [1.29, 1.82) is 5.26 Å². The molecule has 2 rings (SSSR count). The van der Waals surface area contributed by atoms with Crippen LogP contribution in [0.25, 0.3) is 0 Å². The van der Waals surface area contributed by atoms with E-state index in [2.05, 4.69) is 54.1 Å². The molecule has 1 fully saturated rings. The van der Waals surface area contributed by atoms with Crippen molar-refractivity contribution in [2.24, 2.45) is 0 Å². The fourth-order valence-corrected chi connectivity index (χ4v) is 4.66. The van der Waals surface area contributed by atoms with Gasteiger partial charge in [-0.1, -0.05) is 51.3 Å². The van der Waals surface area contributed by atoms with Gasteiger partial charge in [-0.2, -0.15) is 5.26 Å². The molecular weight excluding hydrogens is 372 g/mol. The molecule has 7 nitrogen and oxygen atoms in total. The Morgan fingerprint density at radius 1 is 1.32 bits per heavy atom. The summed E-state index contributed by atoms with van der Waals surface area (Å²) in [4.78, 5) is 13.9. The smallest absolute Gasteiger partial charge is 0.231 e. The summed E-state index contributed by atoms with van der Waals surface area (Å²) in [6.45, 7) is 5.21. The highest BCUT2D eigenvalue weighted by Gasteiger charge is 2.33. The van der Waals surface area contributed by atoms with Gasteiger partial charge in [0.1, 0.15) is 11.6 Å². The van der Waals surface area contributed by atoms with E-state index in [1.807, 2.05) is 0 Å². The van der Waals surface area contributed by atoms with Crippen LogP contribution in [0.4, 0.5) is 0 Å². The molecule has 8 heteroatoms. The number of hydrogen-bond donors (Lipinski definition) is 2. The van der Waals surface area contributed by atoms with Crippen LogP contribution < -0.4 is 10.2 Å². The van der Waals surface area contributed by atoms with Crippen LogP contribution in [-0.4, -0.2) is 46.1 Å². The van der Waals surface area contributed by atoms with Crippen molar-refractivity contribution in [2.75, 3.05) is 19.8 Å². The second-order valence-electron chi connectivity index (χ2n) is 7.98. The predicted octanol–water partition coefficient (Wildman–Crippen LogP) is 2.11. The Hall–Kier alpha value is -1.59. The second-order valence-corrected chi connectivity index (χ2v) is 8.92. The van der Waals surface area contributed by atoms with Crippen molar-refractivity contribution >= 4 is 17.7 Å². The molecule has 1 aromatic rings. The molecular formula is C20H35N6OS+. The van der Waals surface area contributed by atoms with Crippen molar-refractivity contribution in [1.82, 2.24) is 20.1 Å². The number of carbonyl (C=O) groups is 1. The van der Waals surface area contributed by atoms with E-state index in [0.29, 0.717) is 0 Å². The molecule has 1 aliphatic rings. The van der Waals surface area contributed by atoms with Crippen molar-refractivity contribution in [2.45, 2.75) is 88.5 Å². The van der Waals surface area contributed by atoms with Gasteiger partial charge in [-0.15, -0.1) is 10.2 Å². The molecule has 1 aromatic heterocycles. The average Bonchev–Trinajstić information content (AvgIpc) is 3.08. The van der Waals surface area contributed by atoms with E-state index in [1.54, 1.807) is 0 Å². The van der Waals surface area contributed by atoms with Gasteiger partial charge < -0.3 is 14.8 Å². The molecule has 0 radical (unpaired) electrons. The lowest BCUT2D eigenvalue weighted by molar-refractivity contribution is -0.893. The first-order valence-electron chi connectivity index (χ1n) is 10.5. The summed E-state index contributed by atoms with van der Waals surface area (Å²) in [5, 5.41) is 22.2. The molecule has 0 aromatic carbocycles. The number of quaternary nitrogens is 1. The zero-order chi connectivity index (χ0) is 20.6. The normalized spacial score (nSPS) is 17.3. The molecule has 1 heterocycles. The molecule has 0 saturated heterocycles. The summed E-state index contributed by atoms with van der Waals surface area (Å²) in [6, 6.07) is 2.64. The molecule has 0 spiro atoms. The van der Waals surface area contributed by atoms with E-state index in [-0.39, 0.29) is 17.7 Å². The molecule has 1 amide bonds. The maximum Gasteiger partial charge on any atom is 0.231 e. The van der Waals surface area contributed by atoms with Crippen LogP contribution in [0.3, 0.4) is 0 Å². The Balaban J connectivity index is 2.07. The van der Waals surface area contributed by atoms with Crippen molar-refractivity contribution in [3.8, 4) is 6.07 Å². The fraction of sp³-hybridized carbons (Fsp3) is 0.800.